The summed E-state index contributed by atoms with van der Waals surface area (Å²) in [6.07, 6.45) is 3.29. The fourth-order valence-corrected chi connectivity index (χ4v) is 2.76. The van der Waals surface area contributed by atoms with Crippen LogP contribution in [0, 0.1) is 0 Å². The fraction of sp³-hybridized carbons (Fsp3) is 0.533. The molecule has 1 fully saturated rings. The summed E-state index contributed by atoms with van der Waals surface area (Å²) in [5.41, 5.74) is 5.89. The average molecular weight is 341 g/mol. The molecule has 2 rings (SSSR count). The SMILES string of the molecule is N[C@@H]1CCCN(C(=O)CCCOc2ccccc2Br)C1. The molecule has 0 radical (unpaired) electrons. The molecule has 0 bridgehead atoms. The summed E-state index contributed by atoms with van der Waals surface area (Å²) in [5, 5.41) is 0. The number of carbonyl (C=O) groups excluding carboxylic acids is 1. The molecule has 0 unspecified atom stereocenters. The average Bonchev–Trinajstić information content (AvgIpc) is 2.45. The summed E-state index contributed by atoms with van der Waals surface area (Å²) in [6.45, 7) is 2.09. The van der Waals surface area contributed by atoms with Crippen LogP contribution in [0.25, 0.3) is 0 Å². The normalized spacial score (nSPS) is 18.9. The van der Waals surface area contributed by atoms with E-state index in [-0.39, 0.29) is 11.9 Å². The van der Waals surface area contributed by atoms with Gasteiger partial charge in [0.05, 0.1) is 11.1 Å². The van der Waals surface area contributed by atoms with E-state index in [1.165, 1.54) is 0 Å². The summed E-state index contributed by atoms with van der Waals surface area (Å²) in [4.78, 5) is 13.9. The second-order valence-corrected chi connectivity index (χ2v) is 5.98. The van der Waals surface area contributed by atoms with Crippen molar-refractivity contribution in [2.45, 2.75) is 31.7 Å². The van der Waals surface area contributed by atoms with Crippen LogP contribution < -0.4 is 10.5 Å². The summed E-state index contributed by atoms with van der Waals surface area (Å²) in [6, 6.07) is 7.87. The zero-order valence-electron chi connectivity index (χ0n) is 11.6. The van der Waals surface area contributed by atoms with Gasteiger partial charge in [-0.2, -0.15) is 0 Å². The Morgan fingerprint density at radius 2 is 2.25 bits per heavy atom. The lowest BCUT2D eigenvalue weighted by Gasteiger charge is -2.30. The lowest BCUT2D eigenvalue weighted by atomic mass is 10.1. The Morgan fingerprint density at radius 1 is 1.45 bits per heavy atom. The third-order valence-electron chi connectivity index (χ3n) is 3.44. The highest BCUT2D eigenvalue weighted by atomic mass is 79.9. The second-order valence-electron chi connectivity index (χ2n) is 5.12. The third-order valence-corrected chi connectivity index (χ3v) is 4.09. The highest BCUT2D eigenvalue weighted by molar-refractivity contribution is 9.10. The minimum absolute atomic E-state index is 0.143. The molecule has 1 aromatic rings. The second kappa shape index (κ2) is 7.64. The number of nitrogens with zero attached hydrogens (tertiary/aromatic N) is 1. The maximum atomic E-state index is 12.0. The minimum atomic E-state index is 0.143. The van der Waals surface area contributed by atoms with Crippen LogP contribution in [0.3, 0.4) is 0 Å². The van der Waals surface area contributed by atoms with Crippen molar-refractivity contribution in [3.63, 3.8) is 0 Å². The van der Waals surface area contributed by atoms with Crippen LogP contribution in [-0.4, -0.2) is 36.5 Å². The maximum Gasteiger partial charge on any atom is 0.222 e. The molecule has 1 aromatic carbocycles. The molecule has 0 saturated carbocycles. The van der Waals surface area contributed by atoms with Gasteiger partial charge in [0.1, 0.15) is 5.75 Å². The number of carbonyl (C=O) groups is 1. The molecular weight excluding hydrogens is 320 g/mol. The van der Waals surface area contributed by atoms with E-state index < -0.39 is 0 Å². The first-order valence-corrected chi connectivity index (χ1v) is 7.87. The number of likely N-dealkylation sites (tertiary alicyclic amines) is 1. The molecule has 0 spiro atoms. The number of rotatable bonds is 5. The van der Waals surface area contributed by atoms with Gasteiger partial charge in [-0.15, -0.1) is 0 Å². The number of nitrogens with two attached hydrogens (primary N) is 1. The van der Waals surface area contributed by atoms with Crippen LogP contribution in [0.15, 0.2) is 28.7 Å². The largest absolute Gasteiger partial charge is 0.492 e. The molecule has 1 aliphatic heterocycles. The van der Waals surface area contributed by atoms with Crippen LogP contribution in [0.1, 0.15) is 25.7 Å². The third kappa shape index (κ3) is 4.49. The smallest absolute Gasteiger partial charge is 0.222 e. The molecule has 0 aliphatic carbocycles. The van der Waals surface area contributed by atoms with E-state index >= 15 is 0 Å². The highest BCUT2D eigenvalue weighted by Crippen LogP contribution is 2.23. The van der Waals surface area contributed by atoms with Gasteiger partial charge >= 0.3 is 0 Å². The van der Waals surface area contributed by atoms with Crippen molar-refractivity contribution in [3.05, 3.63) is 28.7 Å². The van der Waals surface area contributed by atoms with Gasteiger partial charge in [-0.25, -0.2) is 0 Å². The van der Waals surface area contributed by atoms with Crippen LogP contribution >= 0.6 is 15.9 Å². The van der Waals surface area contributed by atoms with Gasteiger partial charge in [0.2, 0.25) is 5.91 Å². The van der Waals surface area contributed by atoms with Gasteiger partial charge in [-0.3, -0.25) is 4.79 Å². The van der Waals surface area contributed by atoms with Gasteiger partial charge in [0, 0.05) is 25.6 Å². The van der Waals surface area contributed by atoms with Gasteiger partial charge in [-0.05, 0) is 47.3 Å². The van der Waals surface area contributed by atoms with Crippen molar-refractivity contribution >= 4 is 21.8 Å². The molecule has 2 N–H and O–H groups in total. The van der Waals surface area contributed by atoms with Crippen LogP contribution in [0.2, 0.25) is 0 Å². The van der Waals surface area contributed by atoms with E-state index in [1.54, 1.807) is 0 Å². The van der Waals surface area contributed by atoms with E-state index in [0.29, 0.717) is 19.6 Å². The van der Waals surface area contributed by atoms with E-state index in [2.05, 4.69) is 15.9 Å². The molecule has 1 amide bonds. The van der Waals surface area contributed by atoms with E-state index in [4.69, 9.17) is 10.5 Å². The van der Waals surface area contributed by atoms with Crippen molar-refractivity contribution in [3.8, 4) is 5.75 Å². The molecule has 5 heteroatoms. The Kier molecular flexibility index (Phi) is 5.86. The molecule has 0 aromatic heterocycles. The zero-order chi connectivity index (χ0) is 14.4. The molecule has 1 saturated heterocycles. The van der Waals surface area contributed by atoms with Gasteiger partial charge in [-0.1, -0.05) is 12.1 Å². The first-order valence-electron chi connectivity index (χ1n) is 7.07. The quantitative estimate of drug-likeness (QED) is 0.838. The van der Waals surface area contributed by atoms with Crippen LogP contribution in [-0.2, 0) is 4.79 Å². The van der Waals surface area contributed by atoms with Crippen molar-refractivity contribution in [2.24, 2.45) is 5.73 Å². The van der Waals surface area contributed by atoms with Crippen molar-refractivity contribution in [1.82, 2.24) is 4.90 Å². The minimum Gasteiger partial charge on any atom is -0.492 e. The Morgan fingerprint density at radius 3 is 3.00 bits per heavy atom. The van der Waals surface area contributed by atoms with Crippen molar-refractivity contribution < 1.29 is 9.53 Å². The number of hydrogen-bond donors (Lipinski definition) is 1. The lowest BCUT2D eigenvalue weighted by Crippen LogP contribution is -2.45. The fourth-order valence-electron chi connectivity index (χ4n) is 2.36. The van der Waals surface area contributed by atoms with Gasteiger partial charge < -0.3 is 15.4 Å². The summed E-state index contributed by atoms with van der Waals surface area (Å²) >= 11 is 3.43. The first kappa shape index (κ1) is 15.3. The molecule has 1 heterocycles. The number of piperidine rings is 1. The number of amides is 1. The predicted octanol–water partition coefficient (Wildman–Crippen LogP) is 2.56. The maximum absolute atomic E-state index is 12.0. The summed E-state index contributed by atoms with van der Waals surface area (Å²) < 4.78 is 6.59. The molecular formula is C15H21BrN2O2. The Labute approximate surface area is 128 Å². The monoisotopic (exact) mass is 340 g/mol. The summed E-state index contributed by atoms with van der Waals surface area (Å²) in [7, 11) is 0. The predicted molar refractivity (Wildman–Crippen MR) is 82.7 cm³/mol. The van der Waals surface area contributed by atoms with Crippen LogP contribution in [0.4, 0.5) is 0 Å². The molecule has 4 nitrogen and oxygen atoms in total. The number of ether oxygens (including phenoxy) is 1. The first-order chi connectivity index (χ1) is 9.66. The van der Waals surface area contributed by atoms with Crippen molar-refractivity contribution in [1.29, 1.82) is 0 Å². The Bertz CT molecular complexity index is 453. The highest BCUT2D eigenvalue weighted by Gasteiger charge is 2.20. The summed E-state index contributed by atoms with van der Waals surface area (Å²) in [5.74, 6) is 1.01. The Hall–Kier alpha value is -1.07. The molecule has 20 heavy (non-hydrogen) atoms. The number of para-hydroxylation sites is 1. The topological polar surface area (TPSA) is 55.6 Å². The number of hydrogen-bond acceptors (Lipinski definition) is 3. The molecule has 1 aliphatic rings. The molecule has 110 valence electrons. The Balaban J connectivity index is 1.68. The number of halogens is 1. The zero-order valence-corrected chi connectivity index (χ0v) is 13.1. The lowest BCUT2D eigenvalue weighted by molar-refractivity contribution is -0.132. The van der Waals surface area contributed by atoms with E-state index in [1.807, 2.05) is 29.2 Å². The van der Waals surface area contributed by atoms with Crippen LogP contribution in [0.5, 0.6) is 5.75 Å². The van der Waals surface area contributed by atoms with E-state index in [0.717, 1.165) is 36.0 Å². The van der Waals surface area contributed by atoms with Gasteiger partial charge in [0.15, 0.2) is 0 Å². The van der Waals surface area contributed by atoms with Crippen molar-refractivity contribution in [2.75, 3.05) is 19.7 Å². The standard InChI is InChI=1S/C15H21BrN2O2/c16-13-6-1-2-7-14(13)20-10-4-8-15(19)18-9-3-5-12(17)11-18/h1-2,6-7,12H,3-5,8-11,17H2/t12-/m1/s1. The number of benzene rings is 1. The molecule has 1 atom stereocenters. The van der Waals surface area contributed by atoms with Gasteiger partial charge in [0.25, 0.3) is 0 Å². The van der Waals surface area contributed by atoms with E-state index in [9.17, 15) is 4.79 Å².